The van der Waals surface area contributed by atoms with Crippen LogP contribution in [0.1, 0.15) is 61.0 Å². The zero-order chi connectivity index (χ0) is 19.3. The summed E-state index contributed by atoms with van der Waals surface area (Å²) in [5.41, 5.74) is 0. The summed E-state index contributed by atoms with van der Waals surface area (Å²) in [6.45, 7) is 6.77. The fraction of sp³-hybridized carbons (Fsp3) is 0.471. The quantitative estimate of drug-likeness (QED) is 0.686. The molecule has 0 aliphatic rings. The van der Waals surface area contributed by atoms with E-state index in [-0.39, 0.29) is 42.8 Å². The summed E-state index contributed by atoms with van der Waals surface area (Å²) < 4.78 is 18.9. The average molecular weight is 397 g/mol. The minimum atomic E-state index is -0.681. The molecule has 10 heteroatoms. The first-order chi connectivity index (χ1) is 12.3. The number of thiophene rings is 1. The van der Waals surface area contributed by atoms with Crippen molar-refractivity contribution in [2.75, 3.05) is 17.2 Å². The molecule has 2 rings (SSSR count). The van der Waals surface area contributed by atoms with Gasteiger partial charge in [-0.25, -0.2) is 9.18 Å². The molecule has 0 fully saturated rings. The fourth-order valence-corrected chi connectivity index (χ4v) is 3.25. The molecular formula is C17H24FN5O3S. The highest BCUT2D eigenvalue weighted by Gasteiger charge is 2.22. The lowest BCUT2D eigenvalue weighted by Gasteiger charge is -2.16. The third kappa shape index (κ3) is 5.95. The summed E-state index contributed by atoms with van der Waals surface area (Å²) in [6, 6.07) is 0.991. The standard InChI is InChI=1S/C16H20FN5O3S.CH4/c1-5-11(12-7-10(17)13(26-12)14(24)25-6-2)21-16-19-8(3)18-15(22-16)20-9(4)23;/h7,11H,5-6H2,1-4H3,(H2,18,19,20,21,22,23);1H4. The minimum absolute atomic E-state index is 0. The van der Waals surface area contributed by atoms with Gasteiger partial charge in [-0.2, -0.15) is 15.0 Å². The van der Waals surface area contributed by atoms with Crippen LogP contribution in [0.3, 0.4) is 0 Å². The van der Waals surface area contributed by atoms with Gasteiger partial charge in [0.1, 0.15) is 16.5 Å². The maximum Gasteiger partial charge on any atom is 0.351 e. The number of amides is 1. The van der Waals surface area contributed by atoms with Crippen molar-refractivity contribution in [2.45, 2.75) is 47.6 Å². The van der Waals surface area contributed by atoms with Crippen LogP contribution >= 0.6 is 11.3 Å². The van der Waals surface area contributed by atoms with Gasteiger partial charge in [0.15, 0.2) is 0 Å². The molecule has 0 aliphatic heterocycles. The van der Waals surface area contributed by atoms with E-state index < -0.39 is 11.8 Å². The summed E-state index contributed by atoms with van der Waals surface area (Å²) in [4.78, 5) is 35.9. The van der Waals surface area contributed by atoms with Gasteiger partial charge in [0.25, 0.3) is 0 Å². The molecule has 0 aromatic carbocycles. The first-order valence-electron chi connectivity index (χ1n) is 8.07. The van der Waals surface area contributed by atoms with Crippen molar-refractivity contribution in [1.29, 1.82) is 0 Å². The number of esters is 1. The van der Waals surface area contributed by atoms with E-state index in [9.17, 15) is 14.0 Å². The largest absolute Gasteiger partial charge is 0.462 e. The lowest BCUT2D eigenvalue weighted by Crippen LogP contribution is -2.15. The van der Waals surface area contributed by atoms with Crippen LogP contribution < -0.4 is 10.6 Å². The van der Waals surface area contributed by atoms with E-state index >= 15 is 0 Å². The van der Waals surface area contributed by atoms with Crippen molar-refractivity contribution in [3.63, 3.8) is 0 Å². The molecule has 0 spiro atoms. The Morgan fingerprint density at radius 1 is 1.26 bits per heavy atom. The number of rotatable bonds is 7. The third-order valence-corrected chi connectivity index (χ3v) is 4.46. The van der Waals surface area contributed by atoms with E-state index in [4.69, 9.17) is 4.74 Å². The Morgan fingerprint density at radius 3 is 2.52 bits per heavy atom. The molecule has 8 nitrogen and oxygen atoms in total. The second kappa shape index (κ2) is 9.91. The van der Waals surface area contributed by atoms with Gasteiger partial charge in [0, 0.05) is 11.8 Å². The van der Waals surface area contributed by atoms with Crippen LogP contribution in [0.2, 0.25) is 0 Å². The number of carbonyl (C=O) groups excluding carboxylic acids is 2. The first kappa shape index (κ1) is 22.4. The van der Waals surface area contributed by atoms with E-state index in [1.165, 1.54) is 13.0 Å². The number of aryl methyl sites for hydroxylation is 1. The summed E-state index contributed by atoms with van der Waals surface area (Å²) in [6.07, 6.45) is 0.600. The lowest BCUT2D eigenvalue weighted by molar-refractivity contribution is -0.114. The van der Waals surface area contributed by atoms with Crippen molar-refractivity contribution >= 4 is 35.1 Å². The number of hydrogen-bond donors (Lipinski definition) is 2. The highest BCUT2D eigenvalue weighted by Crippen LogP contribution is 2.31. The van der Waals surface area contributed by atoms with Crippen molar-refractivity contribution < 1.29 is 18.7 Å². The Kier molecular flexibility index (Phi) is 8.23. The topological polar surface area (TPSA) is 106 Å². The number of hydrogen-bond acceptors (Lipinski definition) is 8. The monoisotopic (exact) mass is 397 g/mol. The molecule has 1 unspecified atom stereocenters. The van der Waals surface area contributed by atoms with Gasteiger partial charge in [-0.3, -0.25) is 10.1 Å². The predicted octanol–water partition coefficient (Wildman–Crippen LogP) is 3.72. The number of aromatic nitrogens is 3. The molecule has 0 bridgehead atoms. The minimum Gasteiger partial charge on any atom is -0.462 e. The summed E-state index contributed by atoms with van der Waals surface area (Å²) in [5.74, 6) is -0.792. The van der Waals surface area contributed by atoms with Crippen LogP contribution in [-0.2, 0) is 9.53 Å². The zero-order valence-electron chi connectivity index (χ0n) is 14.9. The zero-order valence-corrected chi connectivity index (χ0v) is 15.7. The van der Waals surface area contributed by atoms with Crippen LogP contribution in [0.25, 0.3) is 0 Å². The second-order valence-corrected chi connectivity index (χ2v) is 6.45. The smallest absolute Gasteiger partial charge is 0.351 e. The highest BCUT2D eigenvalue weighted by atomic mass is 32.1. The summed E-state index contributed by atoms with van der Waals surface area (Å²) in [5, 5.41) is 5.59. The fourth-order valence-electron chi connectivity index (χ4n) is 2.18. The molecule has 27 heavy (non-hydrogen) atoms. The molecule has 148 valence electrons. The maximum atomic E-state index is 14.1. The Hall–Kier alpha value is -2.62. The Morgan fingerprint density at radius 2 is 1.93 bits per heavy atom. The number of halogens is 1. The third-order valence-electron chi connectivity index (χ3n) is 3.26. The van der Waals surface area contributed by atoms with Crippen molar-refractivity contribution in [3.05, 3.63) is 27.5 Å². The van der Waals surface area contributed by atoms with Gasteiger partial charge >= 0.3 is 5.97 Å². The molecule has 0 aliphatic carbocycles. The maximum absolute atomic E-state index is 14.1. The molecule has 0 saturated carbocycles. The average Bonchev–Trinajstić information content (AvgIpc) is 2.93. The van der Waals surface area contributed by atoms with Gasteiger partial charge in [-0.1, -0.05) is 14.4 Å². The van der Waals surface area contributed by atoms with E-state index in [1.807, 2.05) is 6.92 Å². The van der Waals surface area contributed by atoms with Crippen molar-refractivity contribution in [1.82, 2.24) is 15.0 Å². The van der Waals surface area contributed by atoms with E-state index in [0.717, 1.165) is 11.3 Å². The molecule has 2 N–H and O–H groups in total. The molecule has 0 radical (unpaired) electrons. The number of carbonyl (C=O) groups is 2. The van der Waals surface area contributed by atoms with Crippen LogP contribution in [0.15, 0.2) is 6.07 Å². The second-order valence-electron chi connectivity index (χ2n) is 5.36. The number of nitrogens with zero attached hydrogens (tertiary/aromatic N) is 3. The van der Waals surface area contributed by atoms with Gasteiger partial charge < -0.3 is 10.1 Å². The highest BCUT2D eigenvalue weighted by molar-refractivity contribution is 7.14. The van der Waals surface area contributed by atoms with E-state index in [1.54, 1.807) is 13.8 Å². The molecule has 2 aromatic rings. The molecule has 1 atom stereocenters. The molecule has 0 saturated heterocycles. The predicted molar refractivity (Wildman–Crippen MR) is 102 cm³/mol. The Labute approximate surface area is 161 Å². The van der Waals surface area contributed by atoms with Gasteiger partial charge in [-0.05, 0) is 26.3 Å². The molecule has 1 amide bonds. The van der Waals surface area contributed by atoms with E-state index in [0.29, 0.717) is 17.1 Å². The van der Waals surface area contributed by atoms with Gasteiger partial charge in [0.2, 0.25) is 17.8 Å². The van der Waals surface area contributed by atoms with Crippen molar-refractivity contribution in [3.8, 4) is 0 Å². The van der Waals surface area contributed by atoms with Crippen LogP contribution in [0.5, 0.6) is 0 Å². The van der Waals surface area contributed by atoms with Crippen LogP contribution in [0, 0.1) is 12.7 Å². The molecule has 2 heterocycles. The first-order valence-corrected chi connectivity index (χ1v) is 8.88. The van der Waals surface area contributed by atoms with Crippen LogP contribution in [-0.4, -0.2) is 33.4 Å². The van der Waals surface area contributed by atoms with Crippen LogP contribution in [0.4, 0.5) is 16.3 Å². The lowest BCUT2D eigenvalue weighted by atomic mass is 10.2. The number of nitrogens with one attached hydrogen (secondary N) is 2. The Bertz CT molecular complexity index is 812. The normalized spacial score (nSPS) is 11.3. The van der Waals surface area contributed by atoms with Gasteiger partial charge in [0.05, 0.1) is 12.6 Å². The molecular weight excluding hydrogens is 373 g/mol. The van der Waals surface area contributed by atoms with Gasteiger partial charge in [-0.15, -0.1) is 11.3 Å². The summed E-state index contributed by atoms with van der Waals surface area (Å²) >= 11 is 1.03. The van der Waals surface area contributed by atoms with E-state index in [2.05, 4.69) is 25.6 Å². The number of ether oxygens (including phenoxy) is 1. The SMILES string of the molecule is C.CCOC(=O)c1sc(C(CC)Nc2nc(C)nc(NC(C)=O)n2)cc1F. The van der Waals surface area contributed by atoms with Crippen molar-refractivity contribution in [2.24, 2.45) is 0 Å². The molecule has 2 aromatic heterocycles. The summed E-state index contributed by atoms with van der Waals surface area (Å²) in [7, 11) is 0. The number of anilines is 2. The Balaban J connectivity index is 0.00000364.